The molecule has 2 N–H and O–H groups in total. The summed E-state index contributed by atoms with van der Waals surface area (Å²) in [4.78, 5) is 0. The Hall–Kier alpha value is -1.06. The summed E-state index contributed by atoms with van der Waals surface area (Å²) in [5.41, 5.74) is 0. The molecule has 7 heavy (non-hydrogen) atoms. The summed E-state index contributed by atoms with van der Waals surface area (Å²) in [5.74, 6) is 0. The van der Waals surface area contributed by atoms with E-state index in [1.54, 1.807) is 0 Å². The molecule has 0 aliphatic carbocycles. The molecule has 39 valence electrons. The molecule has 0 spiro atoms. The third kappa shape index (κ3) is 4.94. The van der Waals surface area contributed by atoms with Gasteiger partial charge in [-0.3, -0.25) is 0 Å². The van der Waals surface area contributed by atoms with Gasteiger partial charge in [-0.2, -0.15) is 0 Å². The summed E-state index contributed by atoms with van der Waals surface area (Å²) >= 11 is 0. The van der Waals surface area contributed by atoms with Gasteiger partial charge in [-0.25, -0.2) is 0 Å². The van der Waals surface area contributed by atoms with Gasteiger partial charge in [0.15, 0.2) is 0 Å². The molecular weight excluding hydrogens is 96.0 g/mol. The third-order valence-electron chi connectivity index (χ3n) is 0.305. The molecule has 0 rings (SSSR count). The van der Waals surface area contributed by atoms with E-state index in [1.165, 1.54) is 6.42 Å². The third-order valence-corrected chi connectivity index (χ3v) is 0.305. The van der Waals surface area contributed by atoms with Crippen LogP contribution in [-0.2, 0) is 0 Å². The SMILES string of the molecule is ON=C[CH]C=NO. The Balaban J connectivity index is 2.98. The van der Waals surface area contributed by atoms with Crippen molar-refractivity contribution in [1.82, 2.24) is 0 Å². The molecule has 0 saturated carbocycles. The predicted octanol–water partition coefficient (Wildman–Crippen LogP) is 0.111. The van der Waals surface area contributed by atoms with Crippen LogP contribution in [0.3, 0.4) is 0 Å². The van der Waals surface area contributed by atoms with Crippen molar-refractivity contribution in [2.24, 2.45) is 10.3 Å². The summed E-state index contributed by atoms with van der Waals surface area (Å²) in [6.07, 6.45) is 3.44. The molecule has 0 heterocycles. The molecule has 0 atom stereocenters. The minimum atomic E-state index is 1.08. The molecule has 4 heteroatoms. The van der Waals surface area contributed by atoms with Gasteiger partial charge in [0.05, 0.1) is 12.4 Å². The van der Waals surface area contributed by atoms with Crippen molar-refractivity contribution in [3.8, 4) is 0 Å². The fourth-order valence-corrected chi connectivity index (χ4v) is 0.115. The molecule has 0 aromatic heterocycles. The summed E-state index contributed by atoms with van der Waals surface area (Å²) in [7, 11) is 0. The second kappa shape index (κ2) is 4.94. The average molecular weight is 101 g/mol. The molecule has 1 radical (unpaired) electrons. The smallest absolute Gasteiger partial charge is 0.0531 e. The van der Waals surface area contributed by atoms with E-state index in [9.17, 15) is 0 Å². The lowest BCUT2D eigenvalue weighted by Gasteiger charge is -1.70. The highest BCUT2D eigenvalue weighted by atomic mass is 16.4. The predicted molar refractivity (Wildman–Crippen MR) is 24.9 cm³/mol. The molecule has 0 saturated heterocycles. The minimum absolute atomic E-state index is 1.08. The molecule has 0 aromatic rings. The van der Waals surface area contributed by atoms with Crippen molar-refractivity contribution in [3.63, 3.8) is 0 Å². The van der Waals surface area contributed by atoms with Crippen LogP contribution in [0.1, 0.15) is 0 Å². The van der Waals surface area contributed by atoms with Crippen molar-refractivity contribution < 1.29 is 10.4 Å². The van der Waals surface area contributed by atoms with Crippen molar-refractivity contribution in [3.05, 3.63) is 6.42 Å². The lowest BCUT2D eigenvalue weighted by molar-refractivity contribution is 0.320. The van der Waals surface area contributed by atoms with Crippen molar-refractivity contribution in [2.75, 3.05) is 0 Å². The van der Waals surface area contributed by atoms with E-state index < -0.39 is 0 Å². The summed E-state index contributed by atoms with van der Waals surface area (Å²) < 4.78 is 0. The molecule has 0 aliphatic heterocycles. The zero-order valence-electron chi connectivity index (χ0n) is 3.52. The van der Waals surface area contributed by atoms with E-state index in [0.717, 1.165) is 12.4 Å². The van der Waals surface area contributed by atoms with Gasteiger partial charge in [-0.15, -0.1) is 10.3 Å². The Morgan fingerprint density at radius 2 is 1.43 bits per heavy atom. The minimum Gasteiger partial charge on any atom is -0.411 e. The topological polar surface area (TPSA) is 65.2 Å². The van der Waals surface area contributed by atoms with Crippen LogP contribution in [0, 0.1) is 6.42 Å². The first-order valence-corrected chi connectivity index (χ1v) is 1.58. The zero-order valence-corrected chi connectivity index (χ0v) is 3.52. The highest BCUT2D eigenvalue weighted by Crippen LogP contribution is 1.60. The quantitative estimate of drug-likeness (QED) is 0.294. The van der Waals surface area contributed by atoms with Crippen molar-refractivity contribution >= 4 is 12.4 Å². The monoisotopic (exact) mass is 101 g/mol. The molecule has 0 bridgehead atoms. The van der Waals surface area contributed by atoms with Gasteiger partial charge < -0.3 is 10.4 Å². The van der Waals surface area contributed by atoms with Crippen LogP contribution >= 0.6 is 0 Å². The van der Waals surface area contributed by atoms with Crippen LogP contribution in [0.2, 0.25) is 0 Å². The fraction of sp³-hybridized carbons (Fsp3) is 0. The van der Waals surface area contributed by atoms with E-state index in [2.05, 4.69) is 10.3 Å². The largest absolute Gasteiger partial charge is 0.411 e. The van der Waals surface area contributed by atoms with Gasteiger partial charge in [-0.1, -0.05) is 0 Å². The van der Waals surface area contributed by atoms with Crippen LogP contribution in [0.25, 0.3) is 0 Å². The molecular formula is C3H5N2O2. The number of rotatable bonds is 2. The first-order chi connectivity index (χ1) is 3.41. The van der Waals surface area contributed by atoms with E-state index in [4.69, 9.17) is 10.4 Å². The van der Waals surface area contributed by atoms with Gasteiger partial charge in [0.1, 0.15) is 0 Å². The maximum Gasteiger partial charge on any atom is 0.0531 e. The number of hydrogen-bond acceptors (Lipinski definition) is 4. The zero-order chi connectivity index (χ0) is 5.54. The highest BCUT2D eigenvalue weighted by molar-refractivity contribution is 5.91. The standard InChI is InChI=1S/C3H5N2O2/c6-4-2-1-3-5-7/h1-3,6-7H. The summed E-state index contributed by atoms with van der Waals surface area (Å²) in [6.45, 7) is 0. The molecule has 0 aromatic carbocycles. The van der Waals surface area contributed by atoms with E-state index in [0.29, 0.717) is 0 Å². The van der Waals surface area contributed by atoms with Crippen LogP contribution in [-0.4, -0.2) is 22.8 Å². The summed E-state index contributed by atoms with van der Waals surface area (Å²) in [5, 5.41) is 20.6. The lowest BCUT2D eigenvalue weighted by atomic mass is 10.5. The van der Waals surface area contributed by atoms with Crippen molar-refractivity contribution in [2.45, 2.75) is 0 Å². The van der Waals surface area contributed by atoms with Gasteiger partial charge in [0, 0.05) is 6.42 Å². The molecule has 0 aliphatic rings. The van der Waals surface area contributed by atoms with Crippen LogP contribution in [0.4, 0.5) is 0 Å². The normalized spacial score (nSPS) is 11.4. The molecule has 0 amide bonds. The number of hydrogen-bond donors (Lipinski definition) is 2. The van der Waals surface area contributed by atoms with E-state index in [-0.39, 0.29) is 0 Å². The number of oxime groups is 2. The van der Waals surface area contributed by atoms with Gasteiger partial charge in [-0.05, 0) is 0 Å². The van der Waals surface area contributed by atoms with Gasteiger partial charge >= 0.3 is 0 Å². The molecule has 4 nitrogen and oxygen atoms in total. The summed E-state index contributed by atoms with van der Waals surface area (Å²) in [6, 6.07) is 0. The Morgan fingerprint density at radius 3 is 1.71 bits per heavy atom. The Morgan fingerprint density at radius 1 is 1.00 bits per heavy atom. The van der Waals surface area contributed by atoms with Crippen molar-refractivity contribution in [1.29, 1.82) is 0 Å². The Kier molecular flexibility index (Phi) is 4.19. The van der Waals surface area contributed by atoms with Gasteiger partial charge in [0.2, 0.25) is 0 Å². The first kappa shape index (κ1) is 5.94. The average Bonchev–Trinajstić information content (AvgIpc) is 1.69. The van der Waals surface area contributed by atoms with Gasteiger partial charge in [0.25, 0.3) is 0 Å². The lowest BCUT2D eigenvalue weighted by Crippen LogP contribution is -1.76. The molecule has 0 unspecified atom stereocenters. The highest BCUT2D eigenvalue weighted by Gasteiger charge is 1.67. The number of nitrogens with zero attached hydrogens (tertiary/aromatic N) is 2. The first-order valence-electron chi connectivity index (χ1n) is 1.58. The second-order valence-corrected chi connectivity index (χ2v) is 0.722. The van der Waals surface area contributed by atoms with Crippen LogP contribution in [0.5, 0.6) is 0 Å². The Bertz CT molecular complexity index is 69.0. The second-order valence-electron chi connectivity index (χ2n) is 0.722. The van der Waals surface area contributed by atoms with Crippen LogP contribution in [0.15, 0.2) is 10.3 Å². The Labute approximate surface area is 40.8 Å². The van der Waals surface area contributed by atoms with E-state index >= 15 is 0 Å². The maximum atomic E-state index is 7.69. The fourth-order valence-electron chi connectivity index (χ4n) is 0.115. The van der Waals surface area contributed by atoms with E-state index in [1.807, 2.05) is 0 Å². The van der Waals surface area contributed by atoms with Crippen LogP contribution < -0.4 is 0 Å². The molecule has 0 fully saturated rings. The maximum absolute atomic E-state index is 7.69.